The van der Waals surface area contributed by atoms with Crippen LogP contribution in [0.2, 0.25) is 0 Å². The molecule has 42 heavy (non-hydrogen) atoms. The Labute approximate surface area is 249 Å². The molecule has 1 N–H and O–H groups in total. The second-order valence-corrected chi connectivity index (χ2v) is 14.2. The molecule has 5 rings (SSSR count). The van der Waals surface area contributed by atoms with E-state index in [0.29, 0.717) is 18.0 Å². The van der Waals surface area contributed by atoms with Gasteiger partial charge in [0.25, 0.3) is 5.91 Å². The summed E-state index contributed by atoms with van der Waals surface area (Å²) in [5.74, 6) is 0.344. The van der Waals surface area contributed by atoms with Crippen LogP contribution in [-0.4, -0.2) is 77.5 Å². The van der Waals surface area contributed by atoms with Crippen LogP contribution in [0.25, 0.3) is 16.8 Å². The van der Waals surface area contributed by atoms with Gasteiger partial charge in [0.1, 0.15) is 5.82 Å². The number of carbonyl (C=O) groups excluding carboxylic acids is 1. The Kier molecular flexibility index (Phi) is 9.34. The van der Waals surface area contributed by atoms with E-state index in [0.717, 1.165) is 74.1 Å². The molecule has 1 saturated heterocycles. The van der Waals surface area contributed by atoms with Crippen molar-refractivity contribution in [1.29, 1.82) is 0 Å². The van der Waals surface area contributed by atoms with Crippen molar-refractivity contribution in [1.82, 2.24) is 23.9 Å². The first-order valence-electron chi connectivity index (χ1n) is 15.4. The van der Waals surface area contributed by atoms with Crippen LogP contribution in [0.15, 0.2) is 42.9 Å². The maximum Gasteiger partial charge on any atom is 0.254 e. The van der Waals surface area contributed by atoms with E-state index < -0.39 is 15.8 Å². The maximum atomic E-state index is 14.6. The van der Waals surface area contributed by atoms with Gasteiger partial charge in [-0.15, -0.1) is 0 Å². The number of carbonyl (C=O) groups is 1. The number of rotatable bonds is 10. The number of sulfonamides is 1. The van der Waals surface area contributed by atoms with Gasteiger partial charge in [0.15, 0.2) is 0 Å². The van der Waals surface area contributed by atoms with Crippen LogP contribution in [0, 0.1) is 11.7 Å². The normalized spacial score (nSPS) is 21.8. The summed E-state index contributed by atoms with van der Waals surface area (Å²) < 4.78 is 43.5. The molecule has 8 nitrogen and oxygen atoms in total. The molecule has 2 fully saturated rings. The summed E-state index contributed by atoms with van der Waals surface area (Å²) in [6.07, 6.45) is 8.40. The van der Waals surface area contributed by atoms with Gasteiger partial charge < -0.3 is 9.80 Å². The summed E-state index contributed by atoms with van der Waals surface area (Å²) in [6.45, 7) is 11.0. The average molecular weight is 598 g/mol. The highest BCUT2D eigenvalue weighted by atomic mass is 32.2. The van der Waals surface area contributed by atoms with Crippen LogP contribution in [-0.2, 0) is 10.0 Å². The van der Waals surface area contributed by atoms with Crippen molar-refractivity contribution in [2.45, 2.75) is 77.8 Å². The lowest BCUT2D eigenvalue weighted by atomic mass is 9.86. The third-order valence-electron chi connectivity index (χ3n) is 9.11. The summed E-state index contributed by atoms with van der Waals surface area (Å²) in [5.41, 5.74) is 4.08. The van der Waals surface area contributed by atoms with Gasteiger partial charge in [-0.3, -0.25) is 9.20 Å². The quantitative estimate of drug-likeness (QED) is 0.343. The van der Waals surface area contributed by atoms with Gasteiger partial charge in [0.05, 0.1) is 35.1 Å². The summed E-state index contributed by atoms with van der Waals surface area (Å²) in [4.78, 5) is 22.4. The van der Waals surface area contributed by atoms with Crippen LogP contribution < -0.4 is 4.72 Å². The van der Waals surface area contributed by atoms with E-state index in [2.05, 4.69) is 26.7 Å². The van der Waals surface area contributed by atoms with Gasteiger partial charge in [0.2, 0.25) is 10.0 Å². The minimum absolute atomic E-state index is 0.00703. The molecule has 1 aromatic carbocycles. The zero-order valence-corrected chi connectivity index (χ0v) is 26.0. The Morgan fingerprint density at radius 1 is 1.12 bits per heavy atom. The summed E-state index contributed by atoms with van der Waals surface area (Å²) in [5, 5.41) is 0. The third kappa shape index (κ3) is 6.55. The highest BCUT2D eigenvalue weighted by Gasteiger charge is 2.32. The van der Waals surface area contributed by atoms with E-state index in [1.807, 2.05) is 31.4 Å². The molecule has 3 aromatic rings. The molecule has 1 atom stereocenters. The molecule has 1 aliphatic heterocycles. The lowest BCUT2D eigenvalue weighted by Crippen LogP contribution is -2.40. The highest BCUT2D eigenvalue weighted by Crippen LogP contribution is 2.38. The van der Waals surface area contributed by atoms with Crippen LogP contribution >= 0.6 is 0 Å². The molecular weight excluding hydrogens is 553 g/mol. The highest BCUT2D eigenvalue weighted by molar-refractivity contribution is 7.89. The van der Waals surface area contributed by atoms with Crippen LogP contribution in [0.3, 0.4) is 0 Å². The zero-order chi connectivity index (χ0) is 30.0. The van der Waals surface area contributed by atoms with Crippen molar-refractivity contribution in [3.05, 3.63) is 59.8 Å². The molecule has 0 unspecified atom stereocenters. The molecular formula is C32H44FN5O3S. The Morgan fingerprint density at radius 2 is 1.88 bits per heavy atom. The van der Waals surface area contributed by atoms with Gasteiger partial charge in [-0.05, 0) is 108 Å². The maximum absolute atomic E-state index is 14.6. The molecule has 1 amide bonds. The first-order chi connectivity index (χ1) is 20.1. The second kappa shape index (κ2) is 12.8. The number of aromatic nitrogens is 2. The predicted octanol–water partition coefficient (Wildman–Crippen LogP) is 5.30. The average Bonchev–Trinajstić information content (AvgIpc) is 3.63. The van der Waals surface area contributed by atoms with Gasteiger partial charge in [-0.25, -0.2) is 22.5 Å². The number of hydrogen-bond donors (Lipinski definition) is 1. The topological polar surface area (TPSA) is 87.0 Å². The minimum Gasteiger partial charge on any atom is -0.336 e. The van der Waals surface area contributed by atoms with Crippen molar-refractivity contribution >= 4 is 21.4 Å². The van der Waals surface area contributed by atoms with E-state index >= 15 is 0 Å². The molecule has 2 aromatic heterocycles. The van der Waals surface area contributed by atoms with Gasteiger partial charge in [-0.2, -0.15) is 0 Å². The van der Waals surface area contributed by atoms with Gasteiger partial charge in [0, 0.05) is 37.3 Å². The number of fused-ring (bicyclic) bond motifs is 1. The third-order valence-corrected chi connectivity index (χ3v) is 10.6. The minimum atomic E-state index is -3.17. The molecule has 10 heteroatoms. The van der Waals surface area contributed by atoms with Gasteiger partial charge in [-0.1, -0.05) is 6.07 Å². The van der Waals surface area contributed by atoms with E-state index in [1.54, 1.807) is 24.2 Å². The number of amides is 1. The molecule has 1 aliphatic carbocycles. The number of imidazole rings is 1. The Hall–Kier alpha value is -2.82. The summed E-state index contributed by atoms with van der Waals surface area (Å²) in [6, 6.07) is 8.83. The number of benzene rings is 1. The van der Waals surface area contributed by atoms with E-state index in [4.69, 9.17) is 0 Å². The fourth-order valence-electron chi connectivity index (χ4n) is 6.84. The molecule has 0 radical (unpaired) electrons. The Balaban J connectivity index is 1.38. The molecule has 228 valence electrons. The second-order valence-electron chi connectivity index (χ2n) is 12.2. The van der Waals surface area contributed by atoms with Gasteiger partial charge >= 0.3 is 0 Å². The molecule has 0 spiro atoms. The number of nitrogens with zero attached hydrogens (tertiary/aromatic N) is 4. The van der Waals surface area contributed by atoms with Crippen molar-refractivity contribution in [3.63, 3.8) is 0 Å². The lowest BCUT2D eigenvalue weighted by Gasteiger charge is -2.31. The number of halogens is 1. The lowest BCUT2D eigenvalue weighted by molar-refractivity contribution is 0.0717. The van der Waals surface area contributed by atoms with Crippen LogP contribution in [0.4, 0.5) is 4.39 Å². The van der Waals surface area contributed by atoms with Crippen molar-refractivity contribution in [2.75, 3.05) is 31.9 Å². The fraction of sp³-hybridized carbons (Fsp3) is 0.562. The number of pyridine rings is 1. The summed E-state index contributed by atoms with van der Waals surface area (Å²) in [7, 11) is -3.17. The van der Waals surface area contributed by atoms with E-state index in [9.17, 15) is 17.6 Å². The molecule has 0 bridgehead atoms. The van der Waals surface area contributed by atoms with Crippen molar-refractivity contribution < 1.29 is 17.6 Å². The Bertz CT molecular complexity index is 1510. The number of hydrogen-bond acceptors (Lipinski definition) is 5. The van der Waals surface area contributed by atoms with Crippen molar-refractivity contribution in [3.8, 4) is 11.3 Å². The Morgan fingerprint density at radius 3 is 2.57 bits per heavy atom. The molecule has 3 heterocycles. The SMILES string of the molecule is CCN(C(=O)c1cc(F)ccc1-c1c([C@@H]2CCN(CC3CCC(NS(=O)(=O)CC)CC3)C2)ccc2cncn12)C(C)C. The fourth-order valence-corrected chi connectivity index (χ4v) is 7.75. The standard InChI is InChI=1S/C32H44FN5O3S/c1-5-37(22(3)4)32(39)30-17-25(33)9-13-29(30)31-28(14-12-27-18-34-21-38(27)31)24-15-16-36(20-24)19-23-7-10-26(11-8-23)35-42(40,41)6-2/h9,12-14,17-18,21-24,26,35H,5-8,10-11,15-16,19-20H2,1-4H3/t23?,24-,26?/m1/s1. The largest absolute Gasteiger partial charge is 0.336 e. The summed E-state index contributed by atoms with van der Waals surface area (Å²) >= 11 is 0. The monoisotopic (exact) mass is 597 g/mol. The first-order valence-corrected chi connectivity index (χ1v) is 17.0. The van der Waals surface area contributed by atoms with E-state index in [1.165, 1.54) is 12.1 Å². The smallest absolute Gasteiger partial charge is 0.254 e. The van der Waals surface area contributed by atoms with Crippen molar-refractivity contribution in [2.24, 2.45) is 5.92 Å². The number of nitrogens with one attached hydrogen (secondary N) is 1. The van der Waals surface area contributed by atoms with Crippen LogP contribution in [0.5, 0.6) is 0 Å². The zero-order valence-electron chi connectivity index (χ0n) is 25.2. The number of likely N-dealkylation sites (tertiary alicyclic amines) is 1. The van der Waals surface area contributed by atoms with Crippen LogP contribution in [0.1, 0.15) is 81.6 Å². The molecule has 1 saturated carbocycles. The molecule has 2 aliphatic rings. The first kappa shape index (κ1) is 30.6. The predicted molar refractivity (Wildman–Crippen MR) is 165 cm³/mol. The van der Waals surface area contributed by atoms with E-state index in [-0.39, 0.29) is 29.7 Å².